The van der Waals surface area contributed by atoms with Gasteiger partial charge in [-0.1, -0.05) is 20.8 Å². The molecule has 0 aliphatic carbocycles. The highest BCUT2D eigenvalue weighted by Gasteiger charge is 2.60. The molecule has 1 saturated heterocycles. The van der Waals surface area contributed by atoms with Crippen molar-refractivity contribution < 1.29 is 18.8 Å². The van der Waals surface area contributed by atoms with Gasteiger partial charge in [0, 0.05) is 6.42 Å². The van der Waals surface area contributed by atoms with E-state index in [0.29, 0.717) is 13.0 Å². The van der Waals surface area contributed by atoms with Gasteiger partial charge in [-0.05, 0) is 38.9 Å². The van der Waals surface area contributed by atoms with Crippen LogP contribution in [0.15, 0.2) is 0 Å². The third-order valence-electron chi connectivity index (χ3n) is 5.78. The molecule has 1 fully saturated rings. The van der Waals surface area contributed by atoms with E-state index < -0.39 is 19.9 Å². The summed E-state index contributed by atoms with van der Waals surface area (Å²) in [4.78, 5) is 12.2. The lowest BCUT2D eigenvalue weighted by atomic mass is 9.98. The lowest BCUT2D eigenvalue weighted by molar-refractivity contribution is -0.915. The number of hydrogen-bond acceptors (Lipinski definition) is 3. The molecule has 0 aromatic carbocycles. The quantitative estimate of drug-likeness (QED) is 0.612. The summed E-state index contributed by atoms with van der Waals surface area (Å²) in [7, 11) is -1.96. The van der Waals surface area contributed by atoms with Crippen LogP contribution in [0.5, 0.6) is 0 Å². The molecular formula is C17H33N2O3Si+. The summed E-state index contributed by atoms with van der Waals surface area (Å²) in [5.74, 6) is 0. The van der Waals surface area contributed by atoms with Crippen LogP contribution in [0.2, 0.25) is 18.1 Å². The van der Waals surface area contributed by atoms with Gasteiger partial charge in [-0.25, -0.2) is 4.48 Å². The highest BCUT2D eigenvalue weighted by atomic mass is 28.4. The first kappa shape index (κ1) is 20.1. The number of amides is 1. The molecule has 5 nitrogen and oxygen atoms in total. The highest BCUT2D eigenvalue weighted by molar-refractivity contribution is 6.74. The maximum absolute atomic E-state index is 12.2. The van der Waals surface area contributed by atoms with E-state index in [1.165, 1.54) is 0 Å². The Hall–Kier alpha value is -0.903. The average Bonchev–Trinajstić information content (AvgIpc) is 2.66. The van der Waals surface area contributed by atoms with Gasteiger partial charge in [0.1, 0.15) is 24.2 Å². The van der Waals surface area contributed by atoms with E-state index in [1.807, 2.05) is 20.8 Å². The summed E-state index contributed by atoms with van der Waals surface area (Å²) >= 11 is 0. The molecule has 1 unspecified atom stereocenters. The van der Waals surface area contributed by atoms with Crippen molar-refractivity contribution in [2.75, 3.05) is 6.54 Å². The molecule has 23 heavy (non-hydrogen) atoms. The van der Waals surface area contributed by atoms with Gasteiger partial charge in [-0.2, -0.15) is 10.1 Å². The lowest BCUT2D eigenvalue weighted by Crippen LogP contribution is -2.66. The maximum atomic E-state index is 12.2. The van der Waals surface area contributed by atoms with Gasteiger partial charge in [0.15, 0.2) is 8.32 Å². The van der Waals surface area contributed by atoms with Crippen LogP contribution in [0.25, 0.3) is 0 Å². The standard InChI is InChI=1S/C17H32N2O3Si/c1-16(2,3)19(15(20)21)12-14(11-13(19)9-10-18)22-23(7,8)17(4,5)6/h13-14H,9,11-12H2,1-8H3/p+1/t13-,14-,19?/m0/s1. The monoisotopic (exact) mass is 341 g/mol. The van der Waals surface area contributed by atoms with E-state index >= 15 is 0 Å². The van der Waals surface area contributed by atoms with Crippen LogP contribution in [0.1, 0.15) is 54.4 Å². The summed E-state index contributed by atoms with van der Waals surface area (Å²) in [6.45, 7) is 17.2. The van der Waals surface area contributed by atoms with Crippen LogP contribution < -0.4 is 0 Å². The first-order chi connectivity index (χ1) is 10.2. The molecule has 132 valence electrons. The molecule has 6 heteroatoms. The fraction of sp³-hybridized carbons (Fsp3) is 0.882. The molecule has 0 spiro atoms. The van der Waals surface area contributed by atoms with Gasteiger partial charge < -0.3 is 9.53 Å². The van der Waals surface area contributed by atoms with E-state index in [2.05, 4.69) is 39.9 Å². The van der Waals surface area contributed by atoms with E-state index in [9.17, 15) is 9.90 Å². The summed E-state index contributed by atoms with van der Waals surface area (Å²) in [5, 5.41) is 19.2. The molecule has 0 radical (unpaired) electrons. The van der Waals surface area contributed by atoms with E-state index in [0.717, 1.165) is 0 Å². The number of quaternary nitrogens is 1. The zero-order chi connectivity index (χ0) is 18.3. The predicted molar refractivity (Wildman–Crippen MR) is 93.6 cm³/mol. The number of carbonyl (C=O) groups is 1. The van der Waals surface area contributed by atoms with E-state index in [4.69, 9.17) is 9.69 Å². The minimum atomic E-state index is -1.96. The van der Waals surface area contributed by atoms with Crippen molar-refractivity contribution in [1.29, 1.82) is 5.26 Å². The second-order valence-electron chi connectivity index (χ2n) is 9.26. The fourth-order valence-corrected chi connectivity index (χ4v) is 4.75. The van der Waals surface area contributed by atoms with Gasteiger partial charge in [-0.3, -0.25) is 0 Å². The average molecular weight is 342 g/mol. The smallest absolute Gasteiger partial charge is 0.435 e. The van der Waals surface area contributed by atoms with Crippen molar-refractivity contribution in [3.05, 3.63) is 0 Å². The zero-order valence-corrected chi connectivity index (χ0v) is 16.9. The van der Waals surface area contributed by atoms with Crippen LogP contribution in [-0.2, 0) is 4.43 Å². The molecule has 3 atom stereocenters. The van der Waals surface area contributed by atoms with Crippen molar-refractivity contribution in [3.8, 4) is 6.07 Å². The molecule has 1 aliphatic heterocycles. The molecule has 1 amide bonds. The van der Waals surface area contributed by atoms with E-state index in [1.54, 1.807) is 0 Å². The van der Waals surface area contributed by atoms with Crippen LogP contribution in [-0.4, -0.2) is 48.2 Å². The Morgan fingerprint density at radius 2 is 1.83 bits per heavy atom. The van der Waals surface area contributed by atoms with Gasteiger partial charge >= 0.3 is 6.09 Å². The summed E-state index contributed by atoms with van der Waals surface area (Å²) in [5.41, 5.74) is -0.473. The summed E-state index contributed by atoms with van der Waals surface area (Å²) < 4.78 is 6.41. The Kier molecular flexibility index (Phi) is 5.42. The first-order valence-electron chi connectivity index (χ1n) is 8.35. The molecule has 0 saturated carbocycles. The normalized spacial score (nSPS) is 29.3. The number of rotatable bonds is 3. The molecule has 0 aromatic heterocycles. The maximum Gasteiger partial charge on any atom is 0.514 e. The highest BCUT2D eigenvalue weighted by Crippen LogP contribution is 2.43. The SMILES string of the molecule is CC(C)(C)[N+]1(C(=O)O)C[C@@H](O[Si](C)(C)C(C)(C)C)C[C@@H]1CC#N. The largest absolute Gasteiger partial charge is 0.514 e. The second kappa shape index (κ2) is 6.19. The molecule has 0 aromatic rings. The van der Waals surface area contributed by atoms with Crippen molar-refractivity contribution in [2.45, 2.75) is 90.2 Å². The minimum absolute atomic E-state index is 0.0835. The van der Waals surface area contributed by atoms with Crippen LogP contribution in [0.4, 0.5) is 4.79 Å². The summed E-state index contributed by atoms with van der Waals surface area (Å²) in [6, 6.07) is 1.97. The second-order valence-corrected chi connectivity index (χ2v) is 14.0. The topological polar surface area (TPSA) is 70.3 Å². The zero-order valence-electron chi connectivity index (χ0n) is 15.9. The Labute approximate surface area is 142 Å². The Balaban J connectivity index is 3.17. The Morgan fingerprint density at radius 3 is 2.17 bits per heavy atom. The van der Waals surface area contributed by atoms with E-state index in [-0.39, 0.29) is 28.1 Å². The molecule has 1 N–H and O–H groups in total. The summed E-state index contributed by atoms with van der Waals surface area (Å²) in [6.07, 6.45) is -0.0476. The van der Waals surface area contributed by atoms with Crippen molar-refractivity contribution >= 4 is 14.4 Å². The Bertz CT molecular complexity index is 499. The fourth-order valence-electron chi connectivity index (χ4n) is 3.39. The Morgan fingerprint density at radius 1 is 1.30 bits per heavy atom. The van der Waals surface area contributed by atoms with Crippen LogP contribution in [0, 0.1) is 11.3 Å². The third kappa shape index (κ3) is 3.62. The lowest BCUT2D eigenvalue weighted by Gasteiger charge is -2.44. The molecule has 1 aliphatic rings. The van der Waals surface area contributed by atoms with Gasteiger partial charge in [0.05, 0.1) is 12.5 Å². The van der Waals surface area contributed by atoms with Crippen LogP contribution >= 0.6 is 0 Å². The van der Waals surface area contributed by atoms with Gasteiger partial charge in [0.25, 0.3) is 0 Å². The number of hydrogen-bond donors (Lipinski definition) is 1. The van der Waals surface area contributed by atoms with Crippen molar-refractivity contribution in [3.63, 3.8) is 0 Å². The number of nitrogens with zero attached hydrogens (tertiary/aromatic N) is 2. The third-order valence-corrected chi connectivity index (χ3v) is 10.3. The number of nitriles is 1. The number of carboxylic acid groups (broad SMARTS) is 1. The molecule has 1 heterocycles. The molecular weight excluding hydrogens is 308 g/mol. The van der Waals surface area contributed by atoms with Crippen molar-refractivity contribution in [1.82, 2.24) is 0 Å². The number of likely N-dealkylation sites (tertiary alicyclic amines) is 1. The van der Waals surface area contributed by atoms with Gasteiger partial charge in [-0.15, -0.1) is 0 Å². The first-order valence-corrected chi connectivity index (χ1v) is 11.3. The minimum Gasteiger partial charge on any atom is -0.435 e. The van der Waals surface area contributed by atoms with Crippen molar-refractivity contribution in [2.24, 2.45) is 0 Å². The van der Waals surface area contributed by atoms with Crippen LogP contribution in [0.3, 0.4) is 0 Å². The molecule has 0 bridgehead atoms. The van der Waals surface area contributed by atoms with Gasteiger partial charge in [0.2, 0.25) is 0 Å². The predicted octanol–water partition coefficient (Wildman–Crippen LogP) is 4.36. The molecule has 1 rings (SSSR count).